The Morgan fingerprint density at radius 2 is 1.85 bits per heavy atom. The van der Waals surface area contributed by atoms with Crippen molar-refractivity contribution in [2.24, 2.45) is 0 Å². The zero-order valence-electron chi connectivity index (χ0n) is 19.1. The van der Waals surface area contributed by atoms with Crippen molar-refractivity contribution in [3.05, 3.63) is 83.0 Å². The van der Waals surface area contributed by atoms with Crippen molar-refractivity contribution in [2.45, 2.75) is 33.1 Å². The van der Waals surface area contributed by atoms with Crippen molar-refractivity contribution in [1.29, 1.82) is 0 Å². The Morgan fingerprint density at radius 1 is 1.03 bits per heavy atom. The average Bonchev–Trinajstić information content (AvgIpc) is 3.19. The quantitative estimate of drug-likeness (QED) is 0.315. The van der Waals surface area contributed by atoms with E-state index >= 15 is 0 Å². The molecule has 5 aromatic rings. The lowest BCUT2D eigenvalue weighted by molar-refractivity contribution is 0.415. The second-order valence-electron chi connectivity index (χ2n) is 8.56. The normalized spacial score (nSPS) is 12.5. The second-order valence-corrected chi connectivity index (χ2v) is 8.56. The summed E-state index contributed by atoms with van der Waals surface area (Å²) in [5.74, 6) is 2.40. The molecular formula is C28H25N3O2. The largest absolute Gasteiger partial charge is 0.497 e. The van der Waals surface area contributed by atoms with Gasteiger partial charge in [-0.25, -0.2) is 4.68 Å². The third-order valence-electron chi connectivity index (χ3n) is 6.53. The molecule has 0 spiro atoms. The summed E-state index contributed by atoms with van der Waals surface area (Å²) in [6.07, 6.45) is 2.77. The number of fused-ring (bicyclic) bond motifs is 5. The van der Waals surface area contributed by atoms with Crippen LogP contribution in [0, 0.1) is 6.92 Å². The van der Waals surface area contributed by atoms with Crippen molar-refractivity contribution in [1.82, 2.24) is 14.8 Å². The maximum absolute atomic E-state index is 6.46. The van der Waals surface area contributed by atoms with E-state index in [2.05, 4.69) is 50.2 Å². The van der Waals surface area contributed by atoms with Gasteiger partial charge in [-0.2, -0.15) is 10.1 Å². The number of hydrogen-bond acceptors (Lipinski definition) is 4. The summed E-state index contributed by atoms with van der Waals surface area (Å²) in [5.41, 5.74) is 6.50. The highest BCUT2D eigenvalue weighted by molar-refractivity contribution is 5.91. The highest BCUT2D eigenvalue weighted by atomic mass is 16.5. The fourth-order valence-electron chi connectivity index (χ4n) is 4.98. The SMILES string of the molecule is CCCc1c2c(nc3c1c(C)nn3-c1ccccc1)Oc1ccc3ccc(OC)cc3c1C2. The molecule has 5 heteroatoms. The fourth-order valence-corrected chi connectivity index (χ4v) is 4.98. The van der Waals surface area contributed by atoms with Crippen LogP contribution < -0.4 is 9.47 Å². The van der Waals surface area contributed by atoms with E-state index in [4.69, 9.17) is 19.6 Å². The molecule has 3 aromatic carbocycles. The molecule has 5 nitrogen and oxygen atoms in total. The van der Waals surface area contributed by atoms with E-state index in [-0.39, 0.29) is 0 Å². The van der Waals surface area contributed by atoms with Gasteiger partial charge in [-0.15, -0.1) is 0 Å². The lowest BCUT2D eigenvalue weighted by atomic mass is 9.91. The monoisotopic (exact) mass is 435 g/mol. The Bertz CT molecular complexity index is 1520. The van der Waals surface area contributed by atoms with Crippen LogP contribution in [0.25, 0.3) is 27.5 Å². The molecule has 1 aliphatic rings. The average molecular weight is 436 g/mol. The van der Waals surface area contributed by atoms with Gasteiger partial charge < -0.3 is 9.47 Å². The van der Waals surface area contributed by atoms with Gasteiger partial charge in [0.25, 0.3) is 0 Å². The number of nitrogens with zero attached hydrogens (tertiary/aromatic N) is 3. The molecular weight excluding hydrogens is 410 g/mol. The Balaban J connectivity index is 1.60. The highest BCUT2D eigenvalue weighted by Gasteiger charge is 2.27. The van der Waals surface area contributed by atoms with Gasteiger partial charge in [0, 0.05) is 22.9 Å². The lowest BCUT2D eigenvalue weighted by Gasteiger charge is -2.24. The first kappa shape index (κ1) is 19.8. The van der Waals surface area contributed by atoms with Crippen molar-refractivity contribution >= 4 is 21.8 Å². The van der Waals surface area contributed by atoms with Crippen LogP contribution in [0.1, 0.15) is 35.7 Å². The van der Waals surface area contributed by atoms with E-state index in [9.17, 15) is 0 Å². The van der Waals surface area contributed by atoms with Gasteiger partial charge in [0.2, 0.25) is 5.88 Å². The Morgan fingerprint density at radius 3 is 2.64 bits per heavy atom. The van der Waals surface area contributed by atoms with Crippen molar-refractivity contribution in [3.8, 4) is 23.1 Å². The molecule has 0 N–H and O–H groups in total. The van der Waals surface area contributed by atoms with Gasteiger partial charge in [-0.3, -0.25) is 0 Å². The van der Waals surface area contributed by atoms with Crippen LogP contribution in [-0.2, 0) is 12.8 Å². The number of aromatic nitrogens is 3. The van der Waals surface area contributed by atoms with Gasteiger partial charge in [-0.1, -0.05) is 43.7 Å². The van der Waals surface area contributed by atoms with Gasteiger partial charge in [-0.05, 0) is 60.0 Å². The third-order valence-corrected chi connectivity index (χ3v) is 6.53. The van der Waals surface area contributed by atoms with E-state index in [0.29, 0.717) is 5.88 Å². The number of ether oxygens (including phenoxy) is 2. The number of benzene rings is 3. The first-order chi connectivity index (χ1) is 16.2. The smallest absolute Gasteiger partial charge is 0.225 e. The van der Waals surface area contributed by atoms with Gasteiger partial charge >= 0.3 is 0 Å². The van der Waals surface area contributed by atoms with Crippen LogP contribution in [0.15, 0.2) is 60.7 Å². The second kappa shape index (κ2) is 7.62. The van der Waals surface area contributed by atoms with Crippen LogP contribution in [0.4, 0.5) is 0 Å². The molecule has 0 radical (unpaired) electrons. The molecule has 0 atom stereocenters. The minimum absolute atomic E-state index is 0.692. The van der Waals surface area contributed by atoms with E-state index in [1.807, 2.05) is 28.9 Å². The first-order valence-electron chi connectivity index (χ1n) is 11.4. The molecule has 0 fully saturated rings. The van der Waals surface area contributed by atoms with Crippen molar-refractivity contribution in [3.63, 3.8) is 0 Å². The lowest BCUT2D eigenvalue weighted by Crippen LogP contribution is -2.10. The molecule has 0 aliphatic carbocycles. The molecule has 2 aromatic heterocycles. The molecule has 164 valence electrons. The number of aryl methyl sites for hydroxylation is 2. The predicted molar refractivity (Wildman–Crippen MR) is 131 cm³/mol. The summed E-state index contributed by atoms with van der Waals surface area (Å²) in [6.45, 7) is 4.29. The molecule has 0 amide bonds. The number of hydrogen-bond donors (Lipinski definition) is 0. The summed E-state index contributed by atoms with van der Waals surface area (Å²) in [5, 5.41) is 8.37. The number of para-hydroxylation sites is 1. The third kappa shape index (κ3) is 3.07. The van der Waals surface area contributed by atoms with Crippen LogP contribution in [0.2, 0.25) is 0 Å². The standard InChI is InChI=1S/C28H25N3O2/c1-4-8-21-24-16-23-22-15-20(32-3)13-11-18(22)12-14-25(23)33-28(24)29-27-26(21)17(2)30-31(27)19-9-6-5-7-10-19/h5-7,9-15H,4,8,16H2,1-3H3. The number of methoxy groups -OCH3 is 1. The van der Waals surface area contributed by atoms with E-state index < -0.39 is 0 Å². The molecule has 33 heavy (non-hydrogen) atoms. The topological polar surface area (TPSA) is 49.2 Å². The first-order valence-corrected chi connectivity index (χ1v) is 11.4. The van der Waals surface area contributed by atoms with Gasteiger partial charge in [0.15, 0.2) is 5.65 Å². The van der Waals surface area contributed by atoms with Gasteiger partial charge in [0.1, 0.15) is 11.5 Å². The number of pyridine rings is 1. The van der Waals surface area contributed by atoms with E-state index in [1.54, 1.807) is 7.11 Å². The maximum atomic E-state index is 6.46. The maximum Gasteiger partial charge on any atom is 0.225 e. The molecule has 3 heterocycles. The molecule has 0 saturated heterocycles. The van der Waals surface area contributed by atoms with Crippen molar-refractivity contribution < 1.29 is 9.47 Å². The molecule has 1 aliphatic heterocycles. The minimum atomic E-state index is 0.692. The van der Waals surface area contributed by atoms with Crippen LogP contribution >= 0.6 is 0 Å². The molecule has 6 rings (SSSR count). The van der Waals surface area contributed by atoms with E-state index in [1.165, 1.54) is 22.1 Å². The summed E-state index contributed by atoms with van der Waals surface area (Å²) >= 11 is 0. The number of rotatable bonds is 4. The van der Waals surface area contributed by atoms with Crippen LogP contribution in [0.5, 0.6) is 17.4 Å². The minimum Gasteiger partial charge on any atom is -0.497 e. The predicted octanol–water partition coefficient (Wildman–Crippen LogP) is 6.54. The van der Waals surface area contributed by atoms with E-state index in [0.717, 1.165) is 58.6 Å². The molecule has 0 saturated carbocycles. The Kier molecular flexibility index (Phi) is 4.57. The Labute approximate surface area is 192 Å². The zero-order chi connectivity index (χ0) is 22.5. The van der Waals surface area contributed by atoms with Crippen molar-refractivity contribution in [2.75, 3.05) is 7.11 Å². The summed E-state index contributed by atoms with van der Waals surface area (Å²) in [4.78, 5) is 5.02. The molecule has 0 unspecified atom stereocenters. The zero-order valence-corrected chi connectivity index (χ0v) is 19.1. The summed E-state index contributed by atoms with van der Waals surface area (Å²) < 4.78 is 13.9. The summed E-state index contributed by atoms with van der Waals surface area (Å²) in [7, 11) is 1.70. The Hall–Kier alpha value is -3.86. The van der Waals surface area contributed by atoms with Crippen LogP contribution in [-0.4, -0.2) is 21.9 Å². The fraction of sp³-hybridized carbons (Fsp3) is 0.214. The summed E-state index contributed by atoms with van der Waals surface area (Å²) in [6, 6.07) is 20.5. The van der Waals surface area contributed by atoms with Gasteiger partial charge in [0.05, 0.1) is 18.5 Å². The highest BCUT2D eigenvalue weighted by Crippen LogP contribution is 2.43. The molecule has 0 bridgehead atoms. The van der Waals surface area contributed by atoms with Crippen LogP contribution in [0.3, 0.4) is 0 Å².